The van der Waals surface area contributed by atoms with E-state index in [1.54, 1.807) is 6.07 Å². The van der Waals surface area contributed by atoms with Crippen LogP contribution in [0.4, 0.5) is 0 Å². The van der Waals surface area contributed by atoms with Gasteiger partial charge in [-0.05, 0) is 67.7 Å². The van der Waals surface area contributed by atoms with Gasteiger partial charge >= 0.3 is 0 Å². The van der Waals surface area contributed by atoms with Gasteiger partial charge in [0, 0.05) is 17.1 Å². The molecule has 0 aromatic heterocycles. The molecular formula is C20H23ClN2O2. The van der Waals surface area contributed by atoms with Crippen LogP contribution in [-0.4, -0.2) is 25.5 Å². The number of amides is 1. The number of benzene rings is 2. The van der Waals surface area contributed by atoms with Gasteiger partial charge in [-0.1, -0.05) is 29.8 Å². The molecule has 0 saturated carbocycles. The fraction of sp³-hybridized carbons (Fsp3) is 0.350. The van der Waals surface area contributed by atoms with E-state index in [1.807, 2.05) is 42.5 Å². The summed E-state index contributed by atoms with van der Waals surface area (Å²) >= 11 is 5.88. The zero-order valence-corrected chi connectivity index (χ0v) is 14.9. The first-order valence-corrected chi connectivity index (χ1v) is 9.05. The van der Waals surface area contributed by atoms with Gasteiger partial charge < -0.3 is 15.4 Å². The van der Waals surface area contributed by atoms with Crippen molar-refractivity contribution in [3.63, 3.8) is 0 Å². The predicted molar refractivity (Wildman–Crippen MR) is 100 cm³/mol. The molecular weight excluding hydrogens is 336 g/mol. The fourth-order valence-electron chi connectivity index (χ4n) is 2.91. The average Bonchev–Trinajstić information content (AvgIpc) is 2.67. The summed E-state index contributed by atoms with van der Waals surface area (Å²) in [7, 11) is 0. The topological polar surface area (TPSA) is 50.4 Å². The number of hydrogen-bond acceptors (Lipinski definition) is 3. The summed E-state index contributed by atoms with van der Waals surface area (Å²) in [6, 6.07) is 14.8. The van der Waals surface area contributed by atoms with Crippen molar-refractivity contribution in [2.24, 2.45) is 5.92 Å². The zero-order chi connectivity index (χ0) is 17.5. The van der Waals surface area contributed by atoms with E-state index in [1.165, 1.54) is 6.42 Å². The molecule has 0 spiro atoms. The maximum atomic E-state index is 12.3. The second kappa shape index (κ2) is 8.88. The maximum Gasteiger partial charge on any atom is 0.251 e. The van der Waals surface area contributed by atoms with Gasteiger partial charge in [-0.25, -0.2) is 0 Å². The van der Waals surface area contributed by atoms with Crippen LogP contribution in [0, 0.1) is 5.92 Å². The quantitative estimate of drug-likeness (QED) is 0.828. The minimum atomic E-state index is -0.0532. The summed E-state index contributed by atoms with van der Waals surface area (Å²) in [4.78, 5) is 12.3. The zero-order valence-electron chi connectivity index (χ0n) is 14.1. The number of nitrogens with one attached hydrogen (secondary N) is 2. The standard InChI is InChI=1S/C20H23ClN2O2/c21-18-8-6-15(7-9-18)14-25-19-5-1-4-17(11-19)20(24)23-13-16-3-2-10-22-12-16/h1,4-9,11,16,22H,2-3,10,12-14H2,(H,23,24). The normalized spacial score (nSPS) is 17.1. The summed E-state index contributed by atoms with van der Waals surface area (Å²) in [6.45, 7) is 3.21. The smallest absolute Gasteiger partial charge is 0.251 e. The highest BCUT2D eigenvalue weighted by molar-refractivity contribution is 6.30. The van der Waals surface area contributed by atoms with Gasteiger partial charge in [0.05, 0.1) is 0 Å². The van der Waals surface area contributed by atoms with Crippen molar-refractivity contribution in [1.82, 2.24) is 10.6 Å². The van der Waals surface area contributed by atoms with Crippen LogP contribution in [0.1, 0.15) is 28.8 Å². The van der Waals surface area contributed by atoms with Gasteiger partial charge in [-0.3, -0.25) is 4.79 Å². The van der Waals surface area contributed by atoms with Crippen molar-refractivity contribution >= 4 is 17.5 Å². The predicted octanol–water partition coefficient (Wildman–Crippen LogP) is 3.65. The van der Waals surface area contributed by atoms with Crippen LogP contribution in [-0.2, 0) is 6.61 Å². The molecule has 1 saturated heterocycles. The van der Waals surface area contributed by atoms with Crippen LogP contribution in [0.3, 0.4) is 0 Å². The minimum Gasteiger partial charge on any atom is -0.489 e. The Hall–Kier alpha value is -2.04. The first kappa shape index (κ1) is 17.8. The molecule has 2 aromatic carbocycles. The van der Waals surface area contributed by atoms with E-state index >= 15 is 0 Å². The lowest BCUT2D eigenvalue weighted by molar-refractivity contribution is 0.0944. The largest absolute Gasteiger partial charge is 0.489 e. The number of carbonyl (C=O) groups is 1. The minimum absolute atomic E-state index is 0.0532. The Morgan fingerprint density at radius 2 is 2.08 bits per heavy atom. The molecule has 0 bridgehead atoms. The van der Waals surface area contributed by atoms with Gasteiger partial charge in [-0.2, -0.15) is 0 Å². The van der Waals surface area contributed by atoms with E-state index in [4.69, 9.17) is 16.3 Å². The summed E-state index contributed by atoms with van der Waals surface area (Å²) in [5, 5.41) is 7.09. The van der Waals surface area contributed by atoms with Crippen LogP contribution in [0.2, 0.25) is 5.02 Å². The Labute approximate surface area is 153 Å². The number of carbonyl (C=O) groups excluding carboxylic acids is 1. The molecule has 1 atom stereocenters. The van der Waals surface area contributed by atoms with Crippen molar-refractivity contribution in [2.45, 2.75) is 19.4 Å². The van der Waals surface area contributed by atoms with Crippen LogP contribution in [0.5, 0.6) is 5.75 Å². The maximum absolute atomic E-state index is 12.3. The SMILES string of the molecule is O=C(NCC1CCCNC1)c1cccc(OCc2ccc(Cl)cc2)c1. The second-order valence-electron chi connectivity index (χ2n) is 6.37. The molecule has 3 rings (SSSR count). The van der Waals surface area contributed by atoms with Crippen molar-refractivity contribution < 1.29 is 9.53 Å². The Morgan fingerprint density at radius 3 is 2.84 bits per heavy atom. The first-order valence-electron chi connectivity index (χ1n) is 8.67. The Balaban J connectivity index is 1.53. The molecule has 5 heteroatoms. The van der Waals surface area contributed by atoms with Crippen LogP contribution in [0.15, 0.2) is 48.5 Å². The van der Waals surface area contributed by atoms with E-state index in [-0.39, 0.29) is 5.91 Å². The molecule has 1 unspecified atom stereocenters. The number of piperidine rings is 1. The van der Waals surface area contributed by atoms with Crippen LogP contribution < -0.4 is 15.4 Å². The molecule has 4 nitrogen and oxygen atoms in total. The number of ether oxygens (including phenoxy) is 1. The average molecular weight is 359 g/mol. The first-order chi connectivity index (χ1) is 12.2. The van der Waals surface area contributed by atoms with E-state index in [2.05, 4.69) is 10.6 Å². The summed E-state index contributed by atoms with van der Waals surface area (Å²) in [6.07, 6.45) is 2.34. The summed E-state index contributed by atoms with van der Waals surface area (Å²) in [5.41, 5.74) is 1.65. The van der Waals surface area contributed by atoms with E-state index in [9.17, 15) is 4.79 Å². The Kier molecular flexibility index (Phi) is 6.31. The highest BCUT2D eigenvalue weighted by Gasteiger charge is 2.14. The Morgan fingerprint density at radius 1 is 1.24 bits per heavy atom. The van der Waals surface area contributed by atoms with E-state index in [0.717, 1.165) is 25.1 Å². The Bertz CT molecular complexity index is 697. The molecule has 2 N–H and O–H groups in total. The van der Waals surface area contributed by atoms with Crippen molar-refractivity contribution in [3.05, 3.63) is 64.7 Å². The van der Waals surface area contributed by atoms with Crippen molar-refractivity contribution in [1.29, 1.82) is 0 Å². The highest BCUT2D eigenvalue weighted by Crippen LogP contribution is 2.17. The van der Waals surface area contributed by atoms with E-state index < -0.39 is 0 Å². The third kappa shape index (κ3) is 5.48. The molecule has 132 valence electrons. The van der Waals surface area contributed by atoms with Gasteiger partial charge in [0.1, 0.15) is 12.4 Å². The second-order valence-corrected chi connectivity index (χ2v) is 6.80. The fourth-order valence-corrected chi connectivity index (χ4v) is 3.04. The van der Waals surface area contributed by atoms with Crippen molar-refractivity contribution in [3.8, 4) is 5.75 Å². The number of rotatable bonds is 6. The lowest BCUT2D eigenvalue weighted by Gasteiger charge is -2.22. The summed E-state index contributed by atoms with van der Waals surface area (Å²) in [5.74, 6) is 1.14. The summed E-state index contributed by atoms with van der Waals surface area (Å²) < 4.78 is 5.78. The molecule has 1 fully saturated rings. The van der Waals surface area contributed by atoms with E-state index in [0.29, 0.717) is 35.4 Å². The van der Waals surface area contributed by atoms with Crippen LogP contribution >= 0.6 is 11.6 Å². The third-order valence-corrected chi connectivity index (χ3v) is 4.62. The van der Waals surface area contributed by atoms with Gasteiger partial charge in [0.25, 0.3) is 5.91 Å². The van der Waals surface area contributed by atoms with Crippen LogP contribution in [0.25, 0.3) is 0 Å². The molecule has 1 aliphatic rings. The molecule has 25 heavy (non-hydrogen) atoms. The lowest BCUT2D eigenvalue weighted by Crippen LogP contribution is -2.38. The monoisotopic (exact) mass is 358 g/mol. The molecule has 2 aromatic rings. The molecule has 0 radical (unpaired) electrons. The lowest BCUT2D eigenvalue weighted by atomic mass is 9.99. The van der Waals surface area contributed by atoms with Crippen molar-refractivity contribution in [2.75, 3.05) is 19.6 Å². The van der Waals surface area contributed by atoms with Gasteiger partial charge in [0.15, 0.2) is 0 Å². The number of hydrogen-bond donors (Lipinski definition) is 2. The number of halogens is 1. The molecule has 1 heterocycles. The highest BCUT2D eigenvalue weighted by atomic mass is 35.5. The molecule has 1 amide bonds. The van der Waals surface area contributed by atoms with Gasteiger partial charge in [0.2, 0.25) is 0 Å². The van der Waals surface area contributed by atoms with Gasteiger partial charge in [-0.15, -0.1) is 0 Å². The third-order valence-electron chi connectivity index (χ3n) is 4.37. The molecule has 0 aliphatic carbocycles. The molecule has 1 aliphatic heterocycles.